The molecule has 0 fully saturated rings. The molecule has 6 heteroatoms. The minimum atomic E-state index is -4.44. The molecule has 0 aliphatic heterocycles. The Kier molecular flexibility index (Phi) is 3.33. The lowest BCUT2D eigenvalue weighted by atomic mass is 10.0. The van der Waals surface area contributed by atoms with Crippen molar-refractivity contribution in [3.63, 3.8) is 0 Å². The van der Waals surface area contributed by atoms with E-state index < -0.39 is 11.7 Å². The van der Waals surface area contributed by atoms with Gasteiger partial charge < -0.3 is 10.5 Å². The van der Waals surface area contributed by atoms with E-state index in [0.29, 0.717) is 11.3 Å². The quantitative estimate of drug-likeness (QED) is 0.849. The number of nitrogen functional groups attached to an aromatic ring is 1. The predicted molar refractivity (Wildman–Crippen MR) is 65.6 cm³/mol. The van der Waals surface area contributed by atoms with Crippen LogP contribution in [0.3, 0.4) is 0 Å². The number of ether oxygens (including phenoxy) is 1. The van der Waals surface area contributed by atoms with E-state index in [9.17, 15) is 13.2 Å². The lowest BCUT2D eigenvalue weighted by molar-refractivity contribution is -0.137. The van der Waals surface area contributed by atoms with Crippen molar-refractivity contribution >= 4 is 5.69 Å². The van der Waals surface area contributed by atoms with E-state index >= 15 is 0 Å². The summed E-state index contributed by atoms with van der Waals surface area (Å²) in [5.41, 5.74) is 5.57. The standard InChI is InChI=1S/C13H11F3N2O/c1-19-12-3-2-8(6-11(12)17)9-7-18-5-4-10(9)13(14,15)16/h2-7H,17H2,1H3. The van der Waals surface area contributed by atoms with E-state index in [1.165, 1.54) is 31.5 Å². The summed E-state index contributed by atoms with van der Waals surface area (Å²) in [6.07, 6.45) is -2.16. The summed E-state index contributed by atoms with van der Waals surface area (Å²) in [6, 6.07) is 5.42. The van der Waals surface area contributed by atoms with E-state index in [-0.39, 0.29) is 11.3 Å². The first-order chi connectivity index (χ1) is 8.93. The second-order valence-electron chi connectivity index (χ2n) is 3.88. The molecule has 19 heavy (non-hydrogen) atoms. The van der Waals surface area contributed by atoms with Crippen molar-refractivity contribution < 1.29 is 17.9 Å². The fraction of sp³-hybridized carbons (Fsp3) is 0.154. The molecule has 1 aromatic heterocycles. The number of aromatic nitrogens is 1. The van der Waals surface area contributed by atoms with Crippen molar-refractivity contribution in [2.75, 3.05) is 12.8 Å². The monoisotopic (exact) mass is 268 g/mol. The zero-order chi connectivity index (χ0) is 14.0. The molecule has 0 radical (unpaired) electrons. The Labute approximate surface area is 107 Å². The molecule has 0 atom stereocenters. The minimum absolute atomic E-state index is 0.00986. The Morgan fingerprint density at radius 3 is 2.53 bits per heavy atom. The van der Waals surface area contributed by atoms with Crippen LogP contribution < -0.4 is 10.5 Å². The second-order valence-corrected chi connectivity index (χ2v) is 3.88. The lowest BCUT2D eigenvalue weighted by Gasteiger charge is -2.13. The van der Waals surface area contributed by atoms with Gasteiger partial charge in [0.15, 0.2) is 0 Å². The zero-order valence-corrected chi connectivity index (χ0v) is 10.0. The number of hydrogen-bond donors (Lipinski definition) is 1. The molecular weight excluding hydrogens is 257 g/mol. The van der Waals surface area contributed by atoms with Crippen LogP contribution in [0.5, 0.6) is 5.75 Å². The Hall–Kier alpha value is -2.24. The number of rotatable bonds is 2. The van der Waals surface area contributed by atoms with Crippen LogP contribution in [0.25, 0.3) is 11.1 Å². The summed E-state index contributed by atoms with van der Waals surface area (Å²) in [5, 5.41) is 0. The number of anilines is 1. The van der Waals surface area contributed by atoms with E-state index in [4.69, 9.17) is 10.5 Å². The molecule has 0 aliphatic carbocycles. The van der Waals surface area contributed by atoms with Crippen LogP contribution >= 0.6 is 0 Å². The van der Waals surface area contributed by atoms with Crippen LogP contribution in [0.15, 0.2) is 36.7 Å². The first-order valence-electron chi connectivity index (χ1n) is 5.38. The lowest BCUT2D eigenvalue weighted by Crippen LogP contribution is -2.07. The van der Waals surface area contributed by atoms with Crippen LogP contribution in [0, 0.1) is 0 Å². The Balaban J connectivity index is 2.57. The summed E-state index contributed by atoms with van der Waals surface area (Å²) >= 11 is 0. The van der Waals surface area contributed by atoms with E-state index in [1.54, 1.807) is 0 Å². The number of methoxy groups -OCH3 is 1. The fourth-order valence-corrected chi connectivity index (χ4v) is 1.77. The minimum Gasteiger partial charge on any atom is -0.495 e. The molecule has 2 N–H and O–H groups in total. The first kappa shape index (κ1) is 13.2. The summed E-state index contributed by atoms with van der Waals surface area (Å²) in [6.45, 7) is 0. The predicted octanol–water partition coefficient (Wildman–Crippen LogP) is 3.36. The molecule has 0 aliphatic rings. The molecule has 0 saturated heterocycles. The summed E-state index contributed by atoms with van der Waals surface area (Å²) < 4.78 is 43.7. The van der Waals surface area contributed by atoms with Gasteiger partial charge in [0.2, 0.25) is 0 Å². The Morgan fingerprint density at radius 2 is 1.95 bits per heavy atom. The van der Waals surface area contributed by atoms with Crippen LogP contribution in [0.1, 0.15) is 5.56 Å². The number of alkyl halides is 3. The van der Waals surface area contributed by atoms with Gasteiger partial charge in [0.25, 0.3) is 0 Å². The van der Waals surface area contributed by atoms with Crippen molar-refractivity contribution in [1.82, 2.24) is 4.98 Å². The van der Waals surface area contributed by atoms with E-state index in [2.05, 4.69) is 4.98 Å². The van der Waals surface area contributed by atoms with Gasteiger partial charge in [-0.15, -0.1) is 0 Å². The highest BCUT2D eigenvalue weighted by Crippen LogP contribution is 2.37. The van der Waals surface area contributed by atoms with E-state index in [0.717, 1.165) is 12.3 Å². The Bertz CT molecular complexity index is 597. The van der Waals surface area contributed by atoms with Crippen molar-refractivity contribution in [1.29, 1.82) is 0 Å². The molecule has 2 rings (SSSR count). The molecular formula is C13H11F3N2O. The molecule has 0 unspecified atom stereocenters. The molecule has 0 bridgehead atoms. The number of nitrogens with zero attached hydrogens (tertiary/aromatic N) is 1. The molecule has 3 nitrogen and oxygen atoms in total. The summed E-state index contributed by atoms with van der Waals surface area (Å²) in [5.74, 6) is 0.418. The van der Waals surface area contributed by atoms with Crippen LogP contribution in [0.2, 0.25) is 0 Å². The van der Waals surface area contributed by atoms with Crippen molar-refractivity contribution in [2.45, 2.75) is 6.18 Å². The maximum atomic E-state index is 12.9. The molecule has 0 amide bonds. The Morgan fingerprint density at radius 1 is 1.21 bits per heavy atom. The first-order valence-corrected chi connectivity index (χ1v) is 5.38. The fourth-order valence-electron chi connectivity index (χ4n) is 1.77. The smallest absolute Gasteiger partial charge is 0.417 e. The van der Waals surface area contributed by atoms with Crippen molar-refractivity contribution in [3.8, 4) is 16.9 Å². The molecule has 100 valence electrons. The highest BCUT2D eigenvalue weighted by molar-refractivity contribution is 5.72. The van der Waals surface area contributed by atoms with Gasteiger partial charge in [-0.05, 0) is 23.8 Å². The van der Waals surface area contributed by atoms with Gasteiger partial charge in [0.05, 0.1) is 18.4 Å². The normalized spacial score (nSPS) is 11.4. The van der Waals surface area contributed by atoms with Crippen LogP contribution in [0.4, 0.5) is 18.9 Å². The van der Waals surface area contributed by atoms with E-state index in [1.807, 2.05) is 0 Å². The van der Waals surface area contributed by atoms with Gasteiger partial charge >= 0.3 is 6.18 Å². The van der Waals surface area contributed by atoms with Crippen molar-refractivity contribution in [3.05, 3.63) is 42.2 Å². The van der Waals surface area contributed by atoms with Gasteiger partial charge in [-0.3, -0.25) is 4.98 Å². The third-order valence-corrected chi connectivity index (χ3v) is 2.67. The third-order valence-electron chi connectivity index (χ3n) is 2.67. The second kappa shape index (κ2) is 4.79. The molecule has 0 spiro atoms. The number of halogens is 3. The number of pyridine rings is 1. The number of hydrogen-bond acceptors (Lipinski definition) is 3. The molecule has 2 aromatic rings. The third kappa shape index (κ3) is 2.62. The average Bonchev–Trinajstić information content (AvgIpc) is 2.37. The molecule has 1 heterocycles. The van der Waals surface area contributed by atoms with Gasteiger partial charge in [-0.1, -0.05) is 6.07 Å². The topological polar surface area (TPSA) is 48.1 Å². The van der Waals surface area contributed by atoms with Crippen molar-refractivity contribution in [2.24, 2.45) is 0 Å². The summed E-state index contributed by atoms with van der Waals surface area (Å²) in [7, 11) is 1.44. The highest BCUT2D eigenvalue weighted by atomic mass is 19.4. The molecule has 1 aromatic carbocycles. The maximum Gasteiger partial charge on any atom is 0.417 e. The number of benzene rings is 1. The molecule has 0 saturated carbocycles. The summed E-state index contributed by atoms with van der Waals surface area (Å²) in [4.78, 5) is 3.74. The zero-order valence-electron chi connectivity index (χ0n) is 10.0. The van der Waals surface area contributed by atoms with Gasteiger partial charge in [-0.25, -0.2) is 0 Å². The SMILES string of the molecule is COc1ccc(-c2cnccc2C(F)(F)F)cc1N. The maximum absolute atomic E-state index is 12.9. The van der Waals surface area contributed by atoms with Crippen LogP contribution in [-0.2, 0) is 6.18 Å². The number of nitrogens with two attached hydrogens (primary N) is 1. The highest BCUT2D eigenvalue weighted by Gasteiger charge is 2.33. The van der Waals surface area contributed by atoms with Gasteiger partial charge in [0.1, 0.15) is 5.75 Å². The average molecular weight is 268 g/mol. The largest absolute Gasteiger partial charge is 0.495 e. The van der Waals surface area contributed by atoms with Crippen LogP contribution in [-0.4, -0.2) is 12.1 Å². The van der Waals surface area contributed by atoms with Gasteiger partial charge in [0, 0.05) is 18.0 Å². The van der Waals surface area contributed by atoms with Gasteiger partial charge in [-0.2, -0.15) is 13.2 Å².